The molecular weight excluding hydrogens is 237 g/mol. The molecule has 1 amide bonds. The molecule has 1 unspecified atom stereocenters. The smallest absolute Gasteiger partial charge is 0.383 e. The molecule has 0 bridgehead atoms. The first-order valence-corrected chi connectivity index (χ1v) is 6.29. The molecule has 0 aromatic rings. The molecule has 0 aromatic heterocycles. The summed E-state index contributed by atoms with van der Waals surface area (Å²) in [5, 5.41) is 12.0. The van der Waals surface area contributed by atoms with Gasteiger partial charge in [0.05, 0.1) is 6.61 Å². The summed E-state index contributed by atoms with van der Waals surface area (Å²) in [5.74, 6) is -0.596. The number of nitrogens with one attached hydrogen (secondary N) is 1. The van der Waals surface area contributed by atoms with Crippen molar-refractivity contribution in [2.24, 2.45) is 5.41 Å². The van der Waals surface area contributed by atoms with Crippen LogP contribution in [0.25, 0.3) is 0 Å². The molecule has 0 rings (SSSR count). The molecule has 0 aliphatic rings. The quantitative estimate of drug-likeness (QED) is 0.481. The van der Waals surface area contributed by atoms with E-state index in [1.807, 2.05) is 0 Å². The van der Waals surface area contributed by atoms with Crippen molar-refractivity contribution in [2.45, 2.75) is 26.9 Å². The monoisotopic (exact) mass is 255 g/mol. The van der Waals surface area contributed by atoms with Crippen LogP contribution in [0.3, 0.4) is 0 Å². The van der Waals surface area contributed by atoms with E-state index >= 15 is 0 Å². The molecule has 7 nitrogen and oxygen atoms in total. The molecule has 16 heavy (non-hydrogen) atoms. The molecule has 4 N–H and O–H groups in total. The van der Waals surface area contributed by atoms with Crippen molar-refractivity contribution in [1.29, 1.82) is 0 Å². The van der Waals surface area contributed by atoms with Crippen molar-refractivity contribution in [1.82, 2.24) is 5.32 Å². The van der Waals surface area contributed by atoms with Crippen LogP contribution in [-0.2, 0) is 13.9 Å². The summed E-state index contributed by atoms with van der Waals surface area (Å²) in [6.45, 7) is 4.59. The molecule has 0 aromatic carbocycles. The predicted molar refractivity (Wildman–Crippen MR) is 56.5 cm³/mol. The fraction of sp³-hybridized carbons (Fsp3) is 0.875. The van der Waals surface area contributed by atoms with E-state index in [0.717, 1.165) is 0 Å². The molecule has 0 spiro atoms. The highest BCUT2D eigenvalue weighted by atomic mass is 31.2. The van der Waals surface area contributed by atoms with Crippen LogP contribution in [0, 0.1) is 5.41 Å². The number of carbonyl (C=O) groups is 1. The molecule has 8 heteroatoms. The lowest BCUT2D eigenvalue weighted by Crippen LogP contribution is -2.45. The Kier molecular flexibility index (Phi) is 5.58. The highest BCUT2D eigenvalue weighted by molar-refractivity contribution is 7.46. The Labute approximate surface area is 94.1 Å². The number of hydrogen-bond donors (Lipinski definition) is 4. The lowest BCUT2D eigenvalue weighted by Gasteiger charge is -2.29. The molecule has 96 valence electrons. The van der Waals surface area contributed by atoms with Crippen molar-refractivity contribution >= 4 is 13.7 Å². The lowest BCUT2D eigenvalue weighted by atomic mass is 9.87. The average molecular weight is 255 g/mol. The number of aliphatic hydroxyl groups is 1. The Balaban J connectivity index is 4.41. The third kappa shape index (κ3) is 5.58. The zero-order valence-electron chi connectivity index (χ0n) is 9.51. The topological polar surface area (TPSA) is 116 Å². The highest BCUT2D eigenvalue weighted by Gasteiger charge is 2.35. The van der Waals surface area contributed by atoms with Crippen LogP contribution in [0.5, 0.6) is 0 Å². The van der Waals surface area contributed by atoms with E-state index in [-0.39, 0.29) is 0 Å². The molecule has 0 aliphatic heterocycles. The minimum atomic E-state index is -4.59. The van der Waals surface area contributed by atoms with E-state index in [2.05, 4.69) is 9.84 Å². The summed E-state index contributed by atoms with van der Waals surface area (Å²) in [6, 6.07) is 0. The maximum Gasteiger partial charge on any atom is 0.469 e. The van der Waals surface area contributed by atoms with Gasteiger partial charge in [-0.05, 0) is 6.92 Å². The molecule has 0 fully saturated rings. The molecule has 0 saturated carbocycles. The van der Waals surface area contributed by atoms with Crippen molar-refractivity contribution < 1.29 is 28.8 Å². The Hall–Kier alpha value is -0.460. The van der Waals surface area contributed by atoms with Crippen LogP contribution >= 0.6 is 7.82 Å². The van der Waals surface area contributed by atoms with Crippen LogP contribution in [0.2, 0.25) is 0 Å². The summed E-state index contributed by atoms with van der Waals surface area (Å²) < 4.78 is 14.8. The predicted octanol–water partition coefficient (Wildman–Crippen LogP) is -0.381. The Bertz CT molecular complexity index is 286. The highest BCUT2D eigenvalue weighted by Crippen LogP contribution is 2.38. The van der Waals surface area contributed by atoms with Crippen LogP contribution in [0.15, 0.2) is 0 Å². The molecule has 1 atom stereocenters. The van der Waals surface area contributed by atoms with Crippen molar-refractivity contribution in [3.8, 4) is 0 Å². The van der Waals surface area contributed by atoms with Gasteiger partial charge in [-0.25, -0.2) is 4.57 Å². The third-order valence-corrected chi connectivity index (χ3v) is 2.41. The van der Waals surface area contributed by atoms with Gasteiger partial charge < -0.3 is 20.2 Å². The number of phosphoric ester groups is 1. The SMILES string of the molecule is CCNC(=O)C(O)C(C)(C)COP(=O)(O)O. The van der Waals surface area contributed by atoms with Gasteiger partial charge in [-0.1, -0.05) is 13.8 Å². The van der Waals surface area contributed by atoms with Gasteiger partial charge >= 0.3 is 7.82 Å². The van der Waals surface area contributed by atoms with E-state index in [1.165, 1.54) is 13.8 Å². The minimum absolute atomic E-state index is 0.366. The first-order chi connectivity index (χ1) is 7.10. The second-order valence-corrected chi connectivity index (χ2v) is 5.29. The van der Waals surface area contributed by atoms with E-state index in [4.69, 9.17) is 9.79 Å². The van der Waals surface area contributed by atoms with Crippen LogP contribution in [-0.4, -0.2) is 40.1 Å². The van der Waals surface area contributed by atoms with Crippen molar-refractivity contribution in [3.63, 3.8) is 0 Å². The minimum Gasteiger partial charge on any atom is -0.383 e. The first-order valence-electron chi connectivity index (χ1n) is 4.76. The van der Waals surface area contributed by atoms with Crippen LogP contribution in [0.1, 0.15) is 20.8 Å². The molecule has 0 aliphatic carbocycles. The summed E-state index contributed by atoms with van der Waals surface area (Å²) in [6.07, 6.45) is -1.39. The number of hydrogen-bond acceptors (Lipinski definition) is 4. The van der Waals surface area contributed by atoms with Gasteiger partial charge in [0.15, 0.2) is 0 Å². The maximum atomic E-state index is 11.3. The van der Waals surface area contributed by atoms with Gasteiger partial charge in [0.2, 0.25) is 5.91 Å². The van der Waals surface area contributed by atoms with Gasteiger partial charge in [-0.15, -0.1) is 0 Å². The summed E-state index contributed by atoms with van der Waals surface area (Å²) in [5.41, 5.74) is -1.08. The second-order valence-electron chi connectivity index (χ2n) is 4.05. The maximum absolute atomic E-state index is 11.3. The summed E-state index contributed by atoms with van der Waals surface area (Å²) in [4.78, 5) is 28.3. The fourth-order valence-corrected chi connectivity index (χ4v) is 1.46. The number of phosphoric acid groups is 1. The van der Waals surface area contributed by atoms with Crippen molar-refractivity contribution in [2.75, 3.05) is 13.2 Å². The lowest BCUT2D eigenvalue weighted by molar-refractivity contribution is -0.136. The third-order valence-electron chi connectivity index (χ3n) is 1.94. The summed E-state index contributed by atoms with van der Waals surface area (Å²) in [7, 11) is -4.59. The van der Waals surface area contributed by atoms with Gasteiger partial charge in [0, 0.05) is 12.0 Å². The van der Waals surface area contributed by atoms with Gasteiger partial charge in [-0.2, -0.15) is 0 Å². The Morgan fingerprint density at radius 2 is 2.00 bits per heavy atom. The van der Waals surface area contributed by atoms with Gasteiger partial charge in [-0.3, -0.25) is 9.32 Å². The molecule has 0 heterocycles. The van der Waals surface area contributed by atoms with Crippen LogP contribution < -0.4 is 5.32 Å². The normalized spacial score (nSPS) is 14.6. The van der Waals surface area contributed by atoms with E-state index in [9.17, 15) is 14.5 Å². The van der Waals surface area contributed by atoms with Crippen LogP contribution in [0.4, 0.5) is 0 Å². The number of aliphatic hydroxyl groups excluding tert-OH is 1. The van der Waals surface area contributed by atoms with E-state index < -0.39 is 31.9 Å². The number of amides is 1. The standard InChI is InChI=1S/C8H18NO6P/c1-4-9-7(11)6(10)8(2,3)5-15-16(12,13)14/h6,10H,4-5H2,1-3H3,(H,9,11)(H2,12,13,14). The molecule has 0 saturated heterocycles. The Morgan fingerprint density at radius 1 is 1.50 bits per heavy atom. The molecule has 0 radical (unpaired) electrons. The largest absolute Gasteiger partial charge is 0.469 e. The average Bonchev–Trinajstić information content (AvgIpc) is 2.13. The van der Waals surface area contributed by atoms with E-state index in [1.54, 1.807) is 6.92 Å². The van der Waals surface area contributed by atoms with E-state index in [0.29, 0.717) is 6.54 Å². The van der Waals surface area contributed by atoms with Gasteiger partial charge in [0.25, 0.3) is 0 Å². The van der Waals surface area contributed by atoms with Gasteiger partial charge in [0.1, 0.15) is 6.10 Å². The number of likely N-dealkylation sites (N-methyl/N-ethyl adjacent to an activating group) is 1. The second kappa shape index (κ2) is 5.75. The molecular formula is C8H18NO6P. The zero-order valence-corrected chi connectivity index (χ0v) is 10.4. The first kappa shape index (κ1) is 15.5. The number of carbonyl (C=O) groups excluding carboxylic acids is 1. The fourth-order valence-electron chi connectivity index (χ4n) is 0.955. The Morgan fingerprint density at radius 3 is 2.38 bits per heavy atom. The summed E-state index contributed by atoms with van der Waals surface area (Å²) >= 11 is 0. The zero-order chi connectivity index (χ0) is 13.0. The van der Waals surface area contributed by atoms with Crippen molar-refractivity contribution in [3.05, 3.63) is 0 Å². The number of rotatable bonds is 6.